The Morgan fingerprint density at radius 2 is 1.70 bits per heavy atom. The zero-order valence-electron chi connectivity index (χ0n) is 17.5. The van der Waals surface area contributed by atoms with E-state index in [1.54, 1.807) is 48.5 Å². The number of fused-ring (bicyclic) bond motifs is 1. The van der Waals surface area contributed by atoms with Gasteiger partial charge in [0.25, 0.3) is 0 Å². The molecular formula is C24H19ClN2O5S. The lowest BCUT2D eigenvalue weighted by atomic mass is 10.2. The van der Waals surface area contributed by atoms with Crippen LogP contribution in [0.3, 0.4) is 0 Å². The summed E-state index contributed by atoms with van der Waals surface area (Å²) in [7, 11) is -3.93. The van der Waals surface area contributed by atoms with E-state index in [4.69, 9.17) is 25.5 Å². The van der Waals surface area contributed by atoms with E-state index in [9.17, 15) is 8.42 Å². The molecule has 0 spiro atoms. The van der Waals surface area contributed by atoms with Crippen molar-refractivity contribution in [2.75, 3.05) is 12.1 Å². The molecule has 5 rings (SSSR count). The van der Waals surface area contributed by atoms with Gasteiger partial charge in [0, 0.05) is 17.1 Å². The minimum Gasteiger partial charge on any atom is -0.454 e. The van der Waals surface area contributed by atoms with Gasteiger partial charge in [-0.25, -0.2) is 8.42 Å². The number of benzene rings is 3. The molecule has 0 unspecified atom stereocenters. The monoisotopic (exact) mass is 482 g/mol. The maximum Gasteiger partial charge on any atom is 0.234 e. The van der Waals surface area contributed by atoms with Crippen molar-refractivity contribution < 1.29 is 22.3 Å². The Morgan fingerprint density at radius 3 is 2.45 bits per heavy atom. The van der Waals surface area contributed by atoms with Gasteiger partial charge in [0.15, 0.2) is 11.5 Å². The van der Waals surface area contributed by atoms with Crippen molar-refractivity contribution in [3.63, 3.8) is 0 Å². The van der Waals surface area contributed by atoms with Crippen LogP contribution in [0.2, 0.25) is 5.02 Å². The summed E-state index contributed by atoms with van der Waals surface area (Å²) in [6.07, 6.45) is 0. The van der Waals surface area contributed by atoms with E-state index in [1.165, 1.54) is 0 Å². The fourth-order valence-electron chi connectivity index (χ4n) is 3.38. The van der Waals surface area contributed by atoms with Crippen molar-refractivity contribution in [2.24, 2.45) is 0 Å². The quantitative estimate of drug-likeness (QED) is 0.389. The number of aromatic nitrogens is 1. The van der Waals surface area contributed by atoms with Gasteiger partial charge in [-0.2, -0.15) is 4.98 Å². The Labute approximate surface area is 195 Å². The van der Waals surface area contributed by atoms with Crippen molar-refractivity contribution in [3.8, 4) is 23.0 Å². The van der Waals surface area contributed by atoms with E-state index in [0.29, 0.717) is 28.6 Å². The summed E-state index contributed by atoms with van der Waals surface area (Å²) < 4.78 is 43.5. The molecule has 1 aromatic heterocycles. The minimum absolute atomic E-state index is 0.0539. The maximum atomic E-state index is 13.4. The van der Waals surface area contributed by atoms with Gasteiger partial charge in [-0.1, -0.05) is 35.4 Å². The van der Waals surface area contributed by atoms with Crippen LogP contribution in [0.25, 0.3) is 11.5 Å². The molecule has 168 valence electrons. The number of ether oxygens (including phenoxy) is 2. The highest BCUT2D eigenvalue weighted by atomic mass is 35.5. The first-order chi connectivity index (χ1) is 15.9. The number of nitrogens with zero attached hydrogens (tertiary/aromatic N) is 1. The summed E-state index contributed by atoms with van der Waals surface area (Å²) in [5, 5.41) is 3.45. The molecule has 1 N–H and O–H groups in total. The molecule has 0 bridgehead atoms. The predicted molar refractivity (Wildman–Crippen MR) is 123 cm³/mol. The van der Waals surface area contributed by atoms with Gasteiger partial charge in [-0.15, -0.1) is 0 Å². The molecule has 2 heterocycles. The van der Waals surface area contributed by atoms with Crippen LogP contribution in [0.15, 0.2) is 81.1 Å². The Morgan fingerprint density at radius 1 is 0.970 bits per heavy atom. The number of anilines is 1. The lowest BCUT2D eigenvalue weighted by Crippen LogP contribution is -2.07. The highest BCUT2D eigenvalue weighted by Gasteiger charge is 2.28. The number of rotatable bonds is 6. The largest absolute Gasteiger partial charge is 0.454 e. The van der Waals surface area contributed by atoms with E-state index in [-0.39, 0.29) is 28.5 Å². The standard InChI is InChI=1S/C24H19ClN2O5S/c1-15-2-9-19(10-3-15)33(28,29)24-23(32-22(27-24)17-5-7-18(25)8-6-17)26-13-16-4-11-20-21(12-16)31-14-30-20/h2-12,26H,13-14H2,1H3. The molecule has 33 heavy (non-hydrogen) atoms. The van der Waals surface area contributed by atoms with Crippen LogP contribution in [0.5, 0.6) is 11.5 Å². The average Bonchev–Trinajstić information content (AvgIpc) is 3.45. The van der Waals surface area contributed by atoms with E-state index >= 15 is 0 Å². The Kier molecular flexibility index (Phi) is 5.47. The van der Waals surface area contributed by atoms with E-state index < -0.39 is 9.84 Å². The summed E-state index contributed by atoms with van der Waals surface area (Å²) in [6, 6.07) is 18.9. The number of sulfone groups is 1. The Bertz CT molecular complexity index is 1410. The minimum atomic E-state index is -3.93. The van der Waals surface area contributed by atoms with Crippen molar-refractivity contribution in [1.29, 1.82) is 0 Å². The van der Waals surface area contributed by atoms with Crippen LogP contribution >= 0.6 is 11.6 Å². The fraction of sp³-hybridized carbons (Fsp3) is 0.125. The summed E-state index contributed by atoms with van der Waals surface area (Å²) in [4.78, 5) is 4.48. The number of halogens is 1. The second kappa shape index (κ2) is 8.46. The Hall–Kier alpha value is -3.49. The fourth-order valence-corrected chi connectivity index (χ4v) is 4.78. The van der Waals surface area contributed by atoms with Crippen LogP contribution in [0, 0.1) is 6.92 Å². The molecule has 0 fully saturated rings. The summed E-state index contributed by atoms with van der Waals surface area (Å²) in [5.41, 5.74) is 2.43. The van der Waals surface area contributed by atoms with Crippen LogP contribution in [-0.4, -0.2) is 20.2 Å². The van der Waals surface area contributed by atoms with Crippen LogP contribution in [0.4, 0.5) is 5.88 Å². The highest BCUT2D eigenvalue weighted by molar-refractivity contribution is 7.91. The lowest BCUT2D eigenvalue weighted by Gasteiger charge is -2.07. The maximum absolute atomic E-state index is 13.4. The van der Waals surface area contributed by atoms with Crippen molar-refractivity contribution in [1.82, 2.24) is 4.98 Å². The average molecular weight is 483 g/mol. The highest BCUT2D eigenvalue weighted by Crippen LogP contribution is 2.35. The van der Waals surface area contributed by atoms with Crippen LogP contribution < -0.4 is 14.8 Å². The zero-order valence-corrected chi connectivity index (χ0v) is 19.1. The number of hydrogen-bond donors (Lipinski definition) is 1. The first-order valence-electron chi connectivity index (χ1n) is 10.1. The van der Waals surface area contributed by atoms with E-state index in [2.05, 4.69) is 10.3 Å². The molecule has 0 saturated heterocycles. The Balaban J connectivity index is 1.52. The number of nitrogens with one attached hydrogen (secondary N) is 1. The van der Waals surface area contributed by atoms with Gasteiger partial charge in [0.05, 0.1) is 4.90 Å². The molecule has 1 aliphatic rings. The molecule has 3 aromatic carbocycles. The number of aryl methyl sites for hydroxylation is 1. The SMILES string of the molecule is Cc1ccc(S(=O)(=O)c2nc(-c3ccc(Cl)cc3)oc2NCc2ccc3c(c2)OCO3)cc1. The third-order valence-electron chi connectivity index (χ3n) is 5.16. The molecule has 0 amide bonds. The molecular weight excluding hydrogens is 464 g/mol. The second-order valence-electron chi connectivity index (χ2n) is 7.52. The second-order valence-corrected chi connectivity index (χ2v) is 9.82. The lowest BCUT2D eigenvalue weighted by molar-refractivity contribution is 0.174. The number of hydrogen-bond acceptors (Lipinski definition) is 7. The zero-order chi connectivity index (χ0) is 23.0. The molecule has 0 radical (unpaired) electrons. The van der Waals surface area contributed by atoms with E-state index in [1.807, 2.05) is 25.1 Å². The normalized spacial score (nSPS) is 12.7. The third kappa shape index (κ3) is 4.27. The molecule has 7 nitrogen and oxygen atoms in total. The third-order valence-corrected chi connectivity index (χ3v) is 7.09. The van der Waals surface area contributed by atoms with Crippen LogP contribution in [-0.2, 0) is 16.4 Å². The molecule has 4 aromatic rings. The van der Waals surface area contributed by atoms with Crippen molar-refractivity contribution >= 4 is 27.3 Å². The summed E-state index contributed by atoms with van der Waals surface area (Å²) in [6.45, 7) is 2.36. The molecule has 0 aliphatic carbocycles. The van der Waals surface area contributed by atoms with Crippen molar-refractivity contribution in [3.05, 3.63) is 82.9 Å². The van der Waals surface area contributed by atoms with Crippen LogP contribution in [0.1, 0.15) is 11.1 Å². The molecule has 9 heteroatoms. The van der Waals surface area contributed by atoms with Gasteiger partial charge in [0.2, 0.25) is 33.4 Å². The molecule has 0 atom stereocenters. The molecule has 1 aliphatic heterocycles. The summed E-state index contributed by atoms with van der Waals surface area (Å²) in [5.74, 6) is 1.54. The smallest absolute Gasteiger partial charge is 0.234 e. The first kappa shape index (κ1) is 21.4. The number of oxazole rings is 1. The first-order valence-corrected chi connectivity index (χ1v) is 12.0. The van der Waals surface area contributed by atoms with E-state index in [0.717, 1.165) is 11.1 Å². The topological polar surface area (TPSA) is 90.7 Å². The summed E-state index contributed by atoms with van der Waals surface area (Å²) >= 11 is 5.98. The predicted octanol–water partition coefficient (Wildman–Crippen LogP) is 5.48. The van der Waals surface area contributed by atoms with Gasteiger partial charge in [-0.05, 0) is 61.0 Å². The van der Waals surface area contributed by atoms with Gasteiger partial charge in [-0.3, -0.25) is 0 Å². The van der Waals surface area contributed by atoms with Gasteiger partial charge in [0.1, 0.15) is 0 Å². The van der Waals surface area contributed by atoms with Gasteiger partial charge >= 0.3 is 0 Å². The van der Waals surface area contributed by atoms with Crippen molar-refractivity contribution in [2.45, 2.75) is 23.4 Å². The van der Waals surface area contributed by atoms with Gasteiger partial charge < -0.3 is 19.2 Å². The molecule has 0 saturated carbocycles.